The van der Waals surface area contributed by atoms with Crippen molar-refractivity contribution >= 4 is 27.6 Å². The first kappa shape index (κ1) is 17.0. The number of thioether (sulfide) groups is 1. The van der Waals surface area contributed by atoms with Gasteiger partial charge in [-0.15, -0.1) is 0 Å². The second-order valence-corrected chi connectivity index (χ2v) is 7.81. The second-order valence-electron chi connectivity index (χ2n) is 4.47. The molecule has 0 saturated heterocycles. The van der Waals surface area contributed by atoms with Crippen molar-refractivity contribution in [3.8, 4) is 0 Å². The average Bonchev–Trinajstić information content (AvgIpc) is 2.43. The molecule has 1 aromatic carbocycles. The molecule has 0 unspecified atom stereocenters. The molecule has 0 aliphatic rings. The highest BCUT2D eigenvalue weighted by Gasteiger charge is 2.15. The Morgan fingerprint density at radius 2 is 2.00 bits per heavy atom. The van der Waals surface area contributed by atoms with E-state index >= 15 is 0 Å². The minimum atomic E-state index is -3.39. The maximum absolute atomic E-state index is 12.1. The Bertz CT molecular complexity index is 538. The zero-order valence-corrected chi connectivity index (χ0v) is 13.2. The molecule has 0 fully saturated rings. The number of hydrogen-bond donors (Lipinski definition) is 1. The Morgan fingerprint density at radius 3 is 2.65 bits per heavy atom. The summed E-state index contributed by atoms with van der Waals surface area (Å²) in [7, 11) is -3.39. The van der Waals surface area contributed by atoms with Crippen molar-refractivity contribution in [3.63, 3.8) is 0 Å². The summed E-state index contributed by atoms with van der Waals surface area (Å²) >= 11 is 1.63. The summed E-state index contributed by atoms with van der Waals surface area (Å²) in [6.07, 6.45) is 3.43. The first-order valence-corrected chi connectivity index (χ1v) is 9.42. The number of carbonyl (C=O) groups is 1. The van der Waals surface area contributed by atoms with E-state index < -0.39 is 15.8 Å². The van der Waals surface area contributed by atoms with Crippen molar-refractivity contribution in [2.75, 3.05) is 17.3 Å². The number of carboxylic acid groups (broad SMARTS) is 1. The molecule has 20 heavy (non-hydrogen) atoms. The van der Waals surface area contributed by atoms with Gasteiger partial charge in [-0.2, -0.15) is 11.8 Å². The Labute approximate surface area is 124 Å². The lowest BCUT2D eigenvalue weighted by Gasteiger charge is -2.05. The van der Waals surface area contributed by atoms with Crippen LogP contribution in [0.2, 0.25) is 0 Å². The molecular formula is C14H20O4S2. The lowest BCUT2D eigenvalue weighted by Crippen LogP contribution is -2.10. The van der Waals surface area contributed by atoms with Crippen molar-refractivity contribution in [1.82, 2.24) is 0 Å². The normalized spacial score (nSPS) is 11.4. The lowest BCUT2D eigenvalue weighted by molar-refractivity contribution is 0.0696. The molecule has 0 saturated carbocycles. The molecule has 0 heterocycles. The molecule has 1 aromatic rings. The van der Waals surface area contributed by atoms with E-state index in [1.165, 1.54) is 30.7 Å². The fourth-order valence-electron chi connectivity index (χ4n) is 1.67. The fraction of sp³-hybridized carbons (Fsp3) is 0.500. The van der Waals surface area contributed by atoms with Crippen LogP contribution in [0.25, 0.3) is 0 Å². The third-order valence-electron chi connectivity index (χ3n) is 2.83. The second kappa shape index (κ2) is 8.32. The minimum Gasteiger partial charge on any atom is -0.478 e. The molecule has 0 aliphatic heterocycles. The van der Waals surface area contributed by atoms with Crippen LogP contribution >= 0.6 is 11.8 Å². The summed E-state index contributed by atoms with van der Waals surface area (Å²) in [6.45, 7) is 2.13. The van der Waals surface area contributed by atoms with Crippen molar-refractivity contribution in [1.29, 1.82) is 0 Å². The van der Waals surface area contributed by atoms with Crippen LogP contribution in [-0.2, 0) is 9.84 Å². The van der Waals surface area contributed by atoms with Gasteiger partial charge in [-0.25, -0.2) is 13.2 Å². The van der Waals surface area contributed by atoms with Crippen LogP contribution in [0.3, 0.4) is 0 Å². The molecular weight excluding hydrogens is 296 g/mol. The van der Waals surface area contributed by atoms with Crippen molar-refractivity contribution in [2.24, 2.45) is 0 Å². The number of sulfone groups is 1. The van der Waals surface area contributed by atoms with Crippen molar-refractivity contribution < 1.29 is 18.3 Å². The molecule has 1 rings (SSSR count). The third-order valence-corrected chi connectivity index (χ3v) is 5.87. The monoisotopic (exact) mass is 316 g/mol. The first-order chi connectivity index (χ1) is 9.47. The molecule has 112 valence electrons. The van der Waals surface area contributed by atoms with Gasteiger partial charge in [0, 0.05) is 5.75 Å². The summed E-state index contributed by atoms with van der Waals surface area (Å²) in [5.41, 5.74) is 0.00155. The van der Waals surface area contributed by atoms with Crippen LogP contribution in [0.1, 0.15) is 36.5 Å². The lowest BCUT2D eigenvalue weighted by atomic mass is 10.2. The van der Waals surface area contributed by atoms with Crippen LogP contribution in [0.4, 0.5) is 0 Å². The predicted octanol–water partition coefficient (Wildman–Crippen LogP) is 3.08. The Morgan fingerprint density at radius 1 is 1.25 bits per heavy atom. The number of aromatic carboxylic acids is 1. The van der Waals surface area contributed by atoms with Gasteiger partial charge >= 0.3 is 5.97 Å². The van der Waals surface area contributed by atoms with E-state index in [-0.39, 0.29) is 16.2 Å². The topological polar surface area (TPSA) is 71.4 Å². The number of benzene rings is 1. The highest BCUT2D eigenvalue weighted by molar-refractivity contribution is 8.00. The highest BCUT2D eigenvalue weighted by Crippen LogP contribution is 2.15. The zero-order chi connectivity index (χ0) is 15.0. The first-order valence-electron chi connectivity index (χ1n) is 6.61. The number of carboxylic acids is 1. The number of unbranched alkanes of at least 4 members (excludes halogenated alkanes) is 2. The van der Waals surface area contributed by atoms with E-state index in [4.69, 9.17) is 5.11 Å². The summed E-state index contributed by atoms with van der Waals surface area (Å²) in [5, 5.41) is 8.87. The summed E-state index contributed by atoms with van der Waals surface area (Å²) in [5.74, 6) is 0.449. The van der Waals surface area contributed by atoms with Crippen LogP contribution in [-0.4, -0.2) is 36.8 Å². The molecule has 0 aliphatic carbocycles. The average molecular weight is 316 g/mol. The summed E-state index contributed by atoms with van der Waals surface area (Å²) in [6, 6.07) is 5.52. The van der Waals surface area contributed by atoms with Gasteiger partial charge < -0.3 is 5.11 Å². The molecule has 4 nitrogen and oxygen atoms in total. The molecule has 6 heteroatoms. The maximum atomic E-state index is 12.1. The van der Waals surface area contributed by atoms with Crippen LogP contribution in [0, 0.1) is 0 Å². The Balaban J connectivity index is 2.56. The van der Waals surface area contributed by atoms with Crippen molar-refractivity contribution in [2.45, 2.75) is 31.1 Å². The van der Waals surface area contributed by atoms with E-state index in [0.717, 1.165) is 18.6 Å². The van der Waals surface area contributed by atoms with Gasteiger partial charge in [0.15, 0.2) is 9.84 Å². The van der Waals surface area contributed by atoms with Gasteiger partial charge in [0.2, 0.25) is 0 Å². The minimum absolute atomic E-state index is 0.00155. The standard InChI is InChI=1S/C14H20O4S2/c1-2-3-4-8-19-9-10-20(17,18)13-7-5-6-12(11-13)14(15)16/h5-7,11H,2-4,8-10H2,1H3,(H,15,16). The third kappa shape index (κ3) is 5.54. The predicted molar refractivity (Wildman–Crippen MR) is 82.3 cm³/mol. The molecule has 0 radical (unpaired) electrons. The summed E-state index contributed by atoms with van der Waals surface area (Å²) < 4.78 is 24.2. The smallest absolute Gasteiger partial charge is 0.335 e. The largest absolute Gasteiger partial charge is 0.478 e. The van der Waals surface area contributed by atoms with Gasteiger partial charge in [-0.05, 0) is 30.4 Å². The van der Waals surface area contributed by atoms with E-state index in [1.54, 1.807) is 11.8 Å². The molecule has 1 N–H and O–H groups in total. The van der Waals surface area contributed by atoms with Gasteiger partial charge in [0.1, 0.15) is 0 Å². The van der Waals surface area contributed by atoms with Gasteiger partial charge in [-0.1, -0.05) is 25.8 Å². The Hall–Kier alpha value is -1.01. The fourth-order valence-corrected chi connectivity index (χ4v) is 4.45. The highest BCUT2D eigenvalue weighted by atomic mass is 32.2. The molecule has 0 spiro atoms. The van der Waals surface area contributed by atoms with E-state index in [9.17, 15) is 13.2 Å². The molecule has 0 bridgehead atoms. The number of hydrogen-bond acceptors (Lipinski definition) is 4. The van der Waals surface area contributed by atoms with Gasteiger partial charge in [-0.3, -0.25) is 0 Å². The SMILES string of the molecule is CCCCCSCCS(=O)(=O)c1cccc(C(=O)O)c1. The maximum Gasteiger partial charge on any atom is 0.335 e. The molecule has 0 amide bonds. The molecule has 0 aromatic heterocycles. The quantitative estimate of drug-likeness (QED) is 0.709. The Kier molecular flexibility index (Phi) is 7.09. The van der Waals surface area contributed by atoms with Crippen LogP contribution in [0.15, 0.2) is 29.2 Å². The van der Waals surface area contributed by atoms with Crippen LogP contribution in [0.5, 0.6) is 0 Å². The summed E-state index contributed by atoms with van der Waals surface area (Å²) in [4.78, 5) is 10.9. The number of rotatable bonds is 9. The molecule has 0 atom stereocenters. The van der Waals surface area contributed by atoms with Crippen LogP contribution < -0.4 is 0 Å². The van der Waals surface area contributed by atoms with Crippen molar-refractivity contribution in [3.05, 3.63) is 29.8 Å². The zero-order valence-electron chi connectivity index (χ0n) is 11.5. The van der Waals surface area contributed by atoms with E-state index in [2.05, 4.69) is 6.92 Å². The van der Waals surface area contributed by atoms with E-state index in [0.29, 0.717) is 5.75 Å². The van der Waals surface area contributed by atoms with Gasteiger partial charge in [0.25, 0.3) is 0 Å². The van der Waals surface area contributed by atoms with Gasteiger partial charge in [0.05, 0.1) is 16.2 Å². The van der Waals surface area contributed by atoms with E-state index in [1.807, 2.05) is 0 Å².